The SMILES string of the molecule is CCOC(=O)C1=C(I)C(Cl)=C(C)[N+]1(C(=O)O)C(C)(C)C. The lowest BCUT2D eigenvalue weighted by atomic mass is 10.00. The fourth-order valence-corrected chi connectivity index (χ4v) is 3.70. The van der Waals surface area contributed by atoms with Crippen LogP contribution in [0.3, 0.4) is 0 Å². The van der Waals surface area contributed by atoms with Crippen molar-refractivity contribution >= 4 is 46.3 Å². The Hall–Kier alpha value is -0.600. The van der Waals surface area contributed by atoms with E-state index >= 15 is 0 Å². The number of hydrogen-bond acceptors (Lipinski definition) is 3. The molecule has 1 rings (SSSR count). The van der Waals surface area contributed by atoms with E-state index in [2.05, 4.69) is 0 Å². The first-order valence-electron chi connectivity index (χ1n) is 6.10. The van der Waals surface area contributed by atoms with Crippen LogP contribution in [0.5, 0.6) is 0 Å². The number of ether oxygens (including phenoxy) is 1. The minimum absolute atomic E-state index is 0.0648. The van der Waals surface area contributed by atoms with E-state index in [-0.39, 0.29) is 12.3 Å². The first-order chi connectivity index (χ1) is 9.03. The number of rotatable bonds is 2. The Balaban J connectivity index is 3.70. The minimum atomic E-state index is -1.15. The smallest absolute Gasteiger partial charge is 0.458 e. The molecule has 0 spiro atoms. The van der Waals surface area contributed by atoms with E-state index in [9.17, 15) is 14.7 Å². The second kappa shape index (κ2) is 5.65. The molecule has 112 valence electrons. The van der Waals surface area contributed by atoms with E-state index in [1.54, 1.807) is 34.6 Å². The van der Waals surface area contributed by atoms with Gasteiger partial charge in [0.2, 0.25) is 5.70 Å². The third-order valence-corrected chi connectivity index (χ3v) is 5.15. The highest BCUT2D eigenvalue weighted by Gasteiger charge is 2.62. The van der Waals surface area contributed by atoms with Gasteiger partial charge < -0.3 is 9.84 Å². The number of amides is 1. The largest absolute Gasteiger partial charge is 0.524 e. The minimum Gasteiger partial charge on any atom is -0.458 e. The molecule has 7 heteroatoms. The topological polar surface area (TPSA) is 63.6 Å². The molecule has 0 fully saturated rings. The third-order valence-electron chi connectivity index (χ3n) is 3.32. The van der Waals surface area contributed by atoms with Crippen molar-refractivity contribution in [3.63, 3.8) is 0 Å². The molecule has 0 radical (unpaired) electrons. The molecule has 0 aromatic rings. The zero-order chi connectivity index (χ0) is 15.9. The molecule has 1 aliphatic rings. The fourth-order valence-electron chi connectivity index (χ4n) is 2.52. The summed E-state index contributed by atoms with van der Waals surface area (Å²) >= 11 is 8.11. The van der Waals surface area contributed by atoms with E-state index in [1.807, 2.05) is 22.6 Å². The summed E-state index contributed by atoms with van der Waals surface area (Å²) in [6.45, 7) is 8.74. The van der Waals surface area contributed by atoms with Gasteiger partial charge in [0.05, 0.1) is 6.61 Å². The third kappa shape index (κ3) is 2.27. The summed E-state index contributed by atoms with van der Waals surface area (Å²) in [7, 11) is 0. The molecule has 20 heavy (non-hydrogen) atoms. The summed E-state index contributed by atoms with van der Waals surface area (Å²) < 4.78 is 4.82. The molecule has 1 unspecified atom stereocenters. The number of esters is 1. The van der Waals surface area contributed by atoms with Crippen molar-refractivity contribution in [2.75, 3.05) is 6.61 Å². The monoisotopic (exact) mass is 414 g/mol. The number of carboxylic acid groups (broad SMARTS) is 1. The van der Waals surface area contributed by atoms with Gasteiger partial charge in [0.15, 0.2) is 0 Å². The maximum absolute atomic E-state index is 12.3. The fraction of sp³-hybridized carbons (Fsp3) is 0.538. The number of hydrogen-bond donors (Lipinski definition) is 1. The lowest BCUT2D eigenvalue weighted by Crippen LogP contribution is -2.61. The number of quaternary nitrogens is 1. The molecule has 0 aromatic heterocycles. The van der Waals surface area contributed by atoms with Gasteiger partial charge in [-0.05, 0) is 50.3 Å². The van der Waals surface area contributed by atoms with E-state index in [4.69, 9.17) is 16.3 Å². The van der Waals surface area contributed by atoms with Crippen molar-refractivity contribution in [2.24, 2.45) is 0 Å². The summed E-state index contributed by atoms with van der Waals surface area (Å²) in [5.74, 6) is -0.649. The lowest BCUT2D eigenvalue weighted by Gasteiger charge is -2.41. The van der Waals surface area contributed by atoms with Crippen LogP contribution in [0.25, 0.3) is 0 Å². The molecule has 0 aromatic carbocycles. The van der Waals surface area contributed by atoms with Gasteiger partial charge >= 0.3 is 12.1 Å². The van der Waals surface area contributed by atoms with Gasteiger partial charge in [-0.1, -0.05) is 11.6 Å². The zero-order valence-electron chi connectivity index (χ0n) is 12.1. The predicted molar refractivity (Wildman–Crippen MR) is 84.3 cm³/mol. The molecule has 1 heterocycles. The zero-order valence-corrected chi connectivity index (χ0v) is 15.0. The van der Waals surface area contributed by atoms with Crippen LogP contribution in [0.4, 0.5) is 4.79 Å². The molecule has 1 N–H and O–H groups in total. The molecule has 0 saturated carbocycles. The summed E-state index contributed by atoms with van der Waals surface area (Å²) in [5.41, 5.74) is -0.306. The number of allylic oxidation sites excluding steroid dienone is 3. The van der Waals surface area contributed by atoms with Crippen LogP contribution >= 0.6 is 34.2 Å². The number of nitrogens with zero attached hydrogens (tertiary/aromatic N) is 1. The highest BCUT2D eigenvalue weighted by Crippen LogP contribution is 2.50. The average molecular weight is 415 g/mol. The molecule has 0 saturated heterocycles. The number of carbonyl (C=O) groups is 2. The van der Waals surface area contributed by atoms with Crippen LogP contribution < -0.4 is 0 Å². The Morgan fingerprint density at radius 2 is 1.90 bits per heavy atom. The molecular weight excluding hydrogens is 397 g/mol. The predicted octanol–water partition coefficient (Wildman–Crippen LogP) is 3.97. The second-order valence-corrected chi connectivity index (χ2v) is 6.86. The summed E-state index contributed by atoms with van der Waals surface area (Å²) in [5, 5.41) is 10.1. The van der Waals surface area contributed by atoms with E-state index in [0.717, 1.165) is 0 Å². The molecule has 5 nitrogen and oxygen atoms in total. The Labute approximate surface area is 136 Å². The van der Waals surface area contributed by atoms with E-state index in [0.29, 0.717) is 14.3 Å². The van der Waals surface area contributed by atoms with Crippen molar-refractivity contribution in [2.45, 2.75) is 40.2 Å². The van der Waals surface area contributed by atoms with Gasteiger partial charge in [-0.25, -0.2) is 4.79 Å². The van der Waals surface area contributed by atoms with Gasteiger partial charge in [0.1, 0.15) is 19.8 Å². The Bertz CT molecular complexity index is 533. The summed E-state index contributed by atoms with van der Waals surface area (Å²) in [6.07, 6.45) is -1.15. The molecule has 1 aliphatic heterocycles. The number of halogens is 2. The van der Waals surface area contributed by atoms with Gasteiger partial charge in [0.25, 0.3) is 0 Å². The highest BCUT2D eigenvalue weighted by molar-refractivity contribution is 14.1. The van der Waals surface area contributed by atoms with Crippen LogP contribution in [0, 0.1) is 0 Å². The second-order valence-electron chi connectivity index (χ2n) is 5.41. The van der Waals surface area contributed by atoms with Gasteiger partial charge in [-0.2, -0.15) is 4.79 Å². The van der Waals surface area contributed by atoms with Crippen LogP contribution in [-0.4, -0.2) is 33.8 Å². The first-order valence-corrected chi connectivity index (χ1v) is 7.56. The maximum Gasteiger partial charge on any atom is 0.524 e. The van der Waals surface area contributed by atoms with Gasteiger partial charge in [-0.3, -0.25) is 0 Å². The van der Waals surface area contributed by atoms with Crippen LogP contribution in [0.15, 0.2) is 20.0 Å². The molecule has 0 aliphatic carbocycles. The highest BCUT2D eigenvalue weighted by atomic mass is 127. The Kier molecular flexibility index (Phi) is 4.93. The Morgan fingerprint density at radius 3 is 2.25 bits per heavy atom. The van der Waals surface area contributed by atoms with E-state index in [1.165, 1.54) is 0 Å². The van der Waals surface area contributed by atoms with Crippen molar-refractivity contribution in [3.05, 3.63) is 20.0 Å². The van der Waals surface area contributed by atoms with Gasteiger partial charge in [0, 0.05) is 6.92 Å². The molecule has 0 bridgehead atoms. The average Bonchev–Trinajstić information content (AvgIpc) is 2.50. The van der Waals surface area contributed by atoms with Crippen molar-refractivity contribution in [3.8, 4) is 0 Å². The van der Waals surface area contributed by atoms with Crippen LogP contribution in [-0.2, 0) is 9.53 Å². The normalized spacial score (nSPS) is 23.4. The lowest BCUT2D eigenvalue weighted by molar-refractivity contribution is -0.825. The quantitative estimate of drug-likeness (QED) is 0.422. The van der Waals surface area contributed by atoms with Crippen LogP contribution in [0.2, 0.25) is 0 Å². The van der Waals surface area contributed by atoms with Crippen molar-refractivity contribution in [1.29, 1.82) is 0 Å². The Morgan fingerprint density at radius 1 is 1.40 bits per heavy atom. The standard InChI is InChI=1S/C13H17ClINO4/c1-6-20-11(17)10-9(15)8(14)7(2)16(10,12(18)19)13(3,4)5/h6H2,1-5H3/p+1. The first kappa shape index (κ1) is 17.5. The van der Waals surface area contributed by atoms with Crippen molar-refractivity contribution < 1.29 is 23.9 Å². The molecule has 1 atom stereocenters. The molecule has 1 amide bonds. The van der Waals surface area contributed by atoms with Crippen LogP contribution in [0.1, 0.15) is 34.6 Å². The number of carbonyl (C=O) groups excluding carboxylic acids is 1. The maximum atomic E-state index is 12.3. The summed E-state index contributed by atoms with van der Waals surface area (Å²) in [4.78, 5) is 24.3. The molecular formula is C13H18ClINO4+. The van der Waals surface area contributed by atoms with Crippen molar-refractivity contribution in [1.82, 2.24) is 0 Å². The van der Waals surface area contributed by atoms with Gasteiger partial charge in [-0.15, -0.1) is 4.48 Å². The summed E-state index contributed by atoms with van der Waals surface area (Å²) in [6, 6.07) is 0. The van der Waals surface area contributed by atoms with E-state index < -0.39 is 22.1 Å².